The first-order chi connectivity index (χ1) is 13.1. The van der Waals surface area contributed by atoms with Gasteiger partial charge in [0.15, 0.2) is 5.96 Å². The second-order valence-corrected chi connectivity index (χ2v) is 8.11. The highest BCUT2D eigenvalue weighted by atomic mass is 127. The number of hydrogen-bond donors (Lipinski definition) is 2. The van der Waals surface area contributed by atoms with Gasteiger partial charge in [0.1, 0.15) is 0 Å². The van der Waals surface area contributed by atoms with Gasteiger partial charge in [-0.15, -0.1) is 24.0 Å². The van der Waals surface area contributed by atoms with Crippen LogP contribution < -0.4 is 10.6 Å². The van der Waals surface area contributed by atoms with E-state index < -0.39 is 0 Å². The van der Waals surface area contributed by atoms with Gasteiger partial charge in [-0.25, -0.2) is 0 Å². The highest BCUT2D eigenvalue weighted by Gasteiger charge is 2.26. The molecule has 0 saturated carbocycles. The smallest absolute Gasteiger partial charge is 0.222 e. The molecule has 2 fully saturated rings. The Hall–Kier alpha value is -0.570. The summed E-state index contributed by atoms with van der Waals surface area (Å²) in [6, 6.07) is 0.358. The van der Waals surface area contributed by atoms with Gasteiger partial charge in [-0.3, -0.25) is 9.79 Å². The summed E-state index contributed by atoms with van der Waals surface area (Å²) in [6.07, 6.45) is 7.54. The fourth-order valence-electron chi connectivity index (χ4n) is 4.11. The Balaban J connectivity index is 0.00000392. The van der Waals surface area contributed by atoms with Crippen molar-refractivity contribution in [2.75, 3.05) is 45.8 Å². The lowest BCUT2D eigenvalue weighted by Gasteiger charge is -2.29. The Morgan fingerprint density at radius 1 is 1.21 bits per heavy atom. The molecular weight excluding hydrogens is 465 g/mol. The maximum absolute atomic E-state index is 12.0. The Labute approximate surface area is 189 Å². The number of hydrogen-bond acceptors (Lipinski definition) is 3. The van der Waals surface area contributed by atoms with Crippen molar-refractivity contribution in [3.8, 4) is 0 Å². The minimum Gasteiger partial charge on any atom is -0.357 e. The molecule has 1 unspecified atom stereocenters. The minimum atomic E-state index is 0. The van der Waals surface area contributed by atoms with E-state index in [1.807, 2.05) is 0 Å². The number of carbonyl (C=O) groups is 1. The van der Waals surface area contributed by atoms with E-state index in [2.05, 4.69) is 41.2 Å². The van der Waals surface area contributed by atoms with E-state index >= 15 is 0 Å². The number of amides is 1. The number of nitrogens with zero attached hydrogens (tertiary/aromatic N) is 3. The summed E-state index contributed by atoms with van der Waals surface area (Å²) in [5, 5.41) is 6.80. The molecule has 2 saturated heterocycles. The molecule has 2 heterocycles. The van der Waals surface area contributed by atoms with Crippen LogP contribution in [0, 0.1) is 5.92 Å². The maximum Gasteiger partial charge on any atom is 0.222 e. The minimum absolute atomic E-state index is 0. The molecule has 2 N–H and O–H groups in total. The molecule has 7 heteroatoms. The molecule has 1 atom stereocenters. The second kappa shape index (κ2) is 14.4. The van der Waals surface area contributed by atoms with Crippen LogP contribution in [0.5, 0.6) is 0 Å². The van der Waals surface area contributed by atoms with Crippen LogP contribution in [0.3, 0.4) is 0 Å². The van der Waals surface area contributed by atoms with Gasteiger partial charge in [0.2, 0.25) is 5.91 Å². The van der Waals surface area contributed by atoms with Crippen molar-refractivity contribution in [3.63, 3.8) is 0 Å². The molecule has 0 aromatic carbocycles. The second-order valence-electron chi connectivity index (χ2n) is 8.11. The van der Waals surface area contributed by atoms with Crippen molar-refractivity contribution in [1.29, 1.82) is 0 Å². The van der Waals surface area contributed by atoms with Crippen LogP contribution in [0.1, 0.15) is 65.7 Å². The molecule has 0 spiro atoms. The van der Waals surface area contributed by atoms with E-state index in [0.29, 0.717) is 11.9 Å². The van der Waals surface area contributed by atoms with Crippen LogP contribution in [0.2, 0.25) is 0 Å². The number of guanidine groups is 1. The van der Waals surface area contributed by atoms with Crippen molar-refractivity contribution in [2.45, 2.75) is 71.8 Å². The van der Waals surface area contributed by atoms with E-state index in [1.54, 1.807) is 0 Å². The number of likely N-dealkylation sites (tertiary alicyclic amines) is 2. The lowest BCUT2D eigenvalue weighted by molar-refractivity contribution is -0.129. The molecule has 0 radical (unpaired) electrons. The highest BCUT2D eigenvalue weighted by Crippen LogP contribution is 2.18. The van der Waals surface area contributed by atoms with Gasteiger partial charge >= 0.3 is 0 Å². The summed E-state index contributed by atoms with van der Waals surface area (Å²) >= 11 is 0. The largest absolute Gasteiger partial charge is 0.357 e. The van der Waals surface area contributed by atoms with Crippen LogP contribution in [0.4, 0.5) is 0 Å². The molecule has 0 aliphatic carbocycles. The molecule has 6 nitrogen and oxygen atoms in total. The normalized spacial score (nSPS) is 20.2. The third kappa shape index (κ3) is 8.84. The summed E-state index contributed by atoms with van der Waals surface area (Å²) in [5.74, 6) is 2.13. The average Bonchev–Trinajstić information content (AvgIpc) is 3.09. The summed E-state index contributed by atoms with van der Waals surface area (Å²) in [5.41, 5.74) is 0. The average molecular weight is 508 g/mol. The zero-order chi connectivity index (χ0) is 19.5. The van der Waals surface area contributed by atoms with E-state index in [0.717, 1.165) is 76.7 Å². The van der Waals surface area contributed by atoms with Crippen LogP contribution in [-0.4, -0.2) is 73.5 Å². The zero-order valence-electron chi connectivity index (χ0n) is 18.2. The molecule has 2 rings (SSSR count). The number of carbonyl (C=O) groups excluding carboxylic acids is 1. The molecule has 28 heavy (non-hydrogen) atoms. The van der Waals surface area contributed by atoms with Gasteiger partial charge in [0.05, 0.1) is 0 Å². The van der Waals surface area contributed by atoms with Gasteiger partial charge in [-0.1, -0.05) is 13.8 Å². The first kappa shape index (κ1) is 25.5. The molecular formula is C21H42IN5O. The van der Waals surface area contributed by atoms with Gasteiger partial charge in [0, 0.05) is 38.6 Å². The molecule has 2 aliphatic heterocycles. The SMILES string of the molecule is CCNC(=NCCCN1CCC(C)CC1)NCCC(CC)N1CCCC1=O.I. The Kier molecular flexibility index (Phi) is 13.1. The zero-order valence-corrected chi connectivity index (χ0v) is 20.5. The number of aliphatic imine (C=N–C) groups is 1. The number of piperidine rings is 1. The molecule has 0 aromatic rings. The van der Waals surface area contributed by atoms with E-state index in [-0.39, 0.29) is 24.0 Å². The number of nitrogens with one attached hydrogen (secondary N) is 2. The monoisotopic (exact) mass is 507 g/mol. The summed E-state index contributed by atoms with van der Waals surface area (Å²) in [7, 11) is 0. The van der Waals surface area contributed by atoms with Gasteiger partial charge in [-0.2, -0.15) is 0 Å². The van der Waals surface area contributed by atoms with E-state index in [9.17, 15) is 4.79 Å². The predicted octanol–water partition coefficient (Wildman–Crippen LogP) is 3.07. The van der Waals surface area contributed by atoms with Crippen LogP contribution in [0.15, 0.2) is 4.99 Å². The van der Waals surface area contributed by atoms with Crippen molar-refractivity contribution >= 4 is 35.8 Å². The Bertz CT molecular complexity index is 466. The third-order valence-corrected chi connectivity index (χ3v) is 5.91. The van der Waals surface area contributed by atoms with Gasteiger partial charge in [0.25, 0.3) is 0 Å². The fourth-order valence-corrected chi connectivity index (χ4v) is 4.11. The molecule has 2 aliphatic rings. The topological polar surface area (TPSA) is 60.0 Å². The van der Waals surface area contributed by atoms with Crippen LogP contribution in [-0.2, 0) is 4.79 Å². The van der Waals surface area contributed by atoms with E-state index in [1.165, 1.54) is 25.9 Å². The van der Waals surface area contributed by atoms with Crippen LogP contribution in [0.25, 0.3) is 0 Å². The lowest BCUT2D eigenvalue weighted by Crippen LogP contribution is -2.42. The summed E-state index contributed by atoms with van der Waals surface area (Å²) < 4.78 is 0. The molecule has 0 aromatic heterocycles. The Morgan fingerprint density at radius 3 is 2.57 bits per heavy atom. The lowest BCUT2D eigenvalue weighted by atomic mass is 9.99. The van der Waals surface area contributed by atoms with Gasteiger partial charge < -0.3 is 20.4 Å². The van der Waals surface area contributed by atoms with E-state index in [4.69, 9.17) is 4.99 Å². The number of rotatable bonds is 10. The summed E-state index contributed by atoms with van der Waals surface area (Å²) in [4.78, 5) is 21.4. The van der Waals surface area contributed by atoms with Crippen molar-refractivity contribution in [2.24, 2.45) is 10.9 Å². The molecule has 164 valence electrons. The standard InChI is InChI=1S/C21H41N5O.HI/c1-4-19(26-15-6-8-20(26)27)9-13-24-21(22-5-2)23-12-7-14-25-16-10-18(3)11-17-25;/h18-19H,4-17H2,1-3H3,(H2,22,23,24);1H. The fraction of sp³-hybridized carbons (Fsp3) is 0.905. The van der Waals surface area contributed by atoms with Crippen LogP contribution >= 0.6 is 24.0 Å². The number of halogens is 1. The maximum atomic E-state index is 12.0. The first-order valence-electron chi connectivity index (χ1n) is 11.2. The summed E-state index contributed by atoms with van der Waals surface area (Å²) in [6.45, 7) is 13.8. The van der Waals surface area contributed by atoms with Crippen molar-refractivity contribution in [3.05, 3.63) is 0 Å². The first-order valence-corrected chi connectivity index (χ1v) is 11.2. The molecule has 0 bridgehead atoms. The van der Waals surface area contributed by atoms with Crippen molar-refractivity contribution in [1.82, 2.24) is 20.4 Å². The van der Waals surface area contributed by atoms with Crippen molar-refractivity contribution < 1.29 is 4.79 Å². The van der Waals surface area contributed by atoms with Gasteiger partial charge in [-0.05, 0) is 71.0 Å². The molecule has 1 amide bonds. The Morgan fingerprint density at radius 2 is 1.96 bits per heavy atom. The predicted molar refractivity (Wildman–Crippen MR) is 128 cm³/mol. The third-order valence-electron chi connectivity index (χ3n) is 5.91. The highest BCUT2D eigenvalue weighted by molar-refractivity contribution is 14.0. The quantitative estimate of drug-likeness (QED) is 0.207.